The molecule has 2 aromatic carbocycles. The Morgan fingerprint density at radius 3 is 2.66 bits per heavy atom. The minimum absolute atomic E-state index is 0.00702. The molecule has 10 nitrogen and oxygen atoms in total. The van der Waals surface area contributed by atoms with E-state index in [2.05, 4.69) is 10.3 Å². The van der Waals surface area contributed by atoms with Crippen LogP contribution in [0.25, 0.3) is 10.9 Å². The van der Waals surface area contributed by atoms with Crippen molar-refractivity contribution in [2.24, 2.45) is 0 Å². The van der Waals surface area contributed by atoms with Gasteiger partial charge < -0.3 is 19.8 Å². The highest BCUT2D eigenvalue weighted by Crippen LogP contribution is 2.28. The standard InChI is InChI=1S/C19H15N3O7/c1-28-11-6-7-15(16(8-11)22(26)27)21-18(24)10-29-19(25)13-9-17(23)20-14-5-3-2-4-12(13)14/h2-9H,10H2,1H3,(H,20,23)(H,21,24). The summed E-state index contributed by atoms with van der Waals surface area (Å²) in [6.45, 7) is -0.691. The van der Waals surface area contributed by atoms with Gasteiger partial charge in [-0.05, 0) is 18.2 Å². The van der Waals surface area contributed by atoms with E-state index in [4.69, 9.17) is 9.47 Å². The average Bonchev–Trinajstić information content (AvgIpc) is 2.71. The Balaban J connectivity index is 1.73. The summed E-state index contributed by atoms with van der Waals surface area (Å²) in [4.78, 5) is 49.2. The number of anilines is 1. The monoisotopic (exact) mass is 397 g/mol. The van der Waals surface area contributed by atoms with Crippen molar-refractivity contribution in [2.45, 2.75) is 0 Å². The number of carbonyl (C=O) groups is 2. The summed E-state index contributed by atoms with van der Waals surface area (Å²) in [6.07, 6.45) is 0. The Bertz CT molecular complexity index is 1170. The Labute approximate surface area is 163 Å². The van der Waals surface area contributed by atoms with E-state index in [0.717, 1.165) is 12.1 Å². The number of rotatable bonds is 6. The van der Waals surface area contributed by atoms with E-state index in [1.54, 1.807) is 24.3 Å². The van der Waals surface area contributed by atoms with Gasteiger partial charge in [0.25, 0.3) is 11.6 Å². The van der Waals surface area contributed by atoms with Gasteiger partial charge in [0.2, 0.25) is 5.56 Å². The number of esters is 1. The van der Waals surface area contributed by atoms with Crippen LogP contribution in [-0.4, -0.2) is 35.5 Å². The van der Waals surface area contributed by atoms with E-state index < -0.39 is 29.0 Å². The lowest BCUT2D eigenvalue weighted by atomic mass is 10.1. The molecule has 1 amide bonds. The van der Waals surface area contributed by atoms with Gasteiger partial charge >= 0.3 is 5.97 Å². The van der Waals surface area contributed by atoms with Crippen molar-refractivity contribution in [3.63, 3.8) is 0 Å². The van der Waals surface area contributed by atoms with Crippen LogP contribution >= 0.6 is 0 Å². The zero-order valence-electron chi connectivity index (χ0n) is 15.1. The Morgan fingerprint density at radius 2 is 1.93 bits per heavy atom. The molecule has 0 unspecified atom stereocenters. The molecule has 3 aromatic rings. The van der Waals surface area contributed by atoms with Gasteiger partial charge in [0.1, 0.15) is 11.4 Å². The van der Waals surface area contributed by atoms with Crippen LogP contribution in [0.5, 0.6) is 5.75 Å². The highest BCUT2D eigenvalue weighted by Gasteiger charge is 2.19. The van der Waals surface area contributed by atoms with E-state index in [1.165, 1.54) is 19.2 Å². The van der Waals surface area contributed by atoms with Crippen molar-refractivity contribution in [3.8, 4) is 5.75 Å². The predicted molar refractivity (Wildman–Crippen MR) is 103 cm³/mol. The quantitative estimate of drug-likeness (QED) is 0.369. The molecule has 0 spiro atoms. The predicted octanol–water partition coefficient (Wildman–Crippen LogP) is 2.24. The largest absolute Gasteiger partial charge is 0.496 e. The molecule has 1 heterocycles. The van der Waals surface area contributed by atoms with Gasteiger partial charge in [-0.25, -0.2) is 4.79 Å². The fourth-order valence-electron chi connectivity index (χ4n) is 2.66. The summed E-state index contributed by atoms with van der Waals surface area (Å²) < 4.78 is 9.90. The normalized spacial score (nSPS) is 10.4. The van der Waals surface area contributed by atoms with E-state index in [1.807, 2.05) is 0 Å². The molecule has 148 valence electrons. The number of nitro benzene ring substituents is 1. The van der Waals surface area contributed by atoms with E-state index in [-0.39, 0.29) is 22.7 Å². The Hall–Kier alpha value is -4.21. The van der Waals surface area contributed by atoms with Gasteiger partial charge in [0, 0.05) is 17.0 Å². The van der Waals surface area contributed by atoms with Crippen LogP contribution in [0.2, 0.25) is 0 Å². The second kappa shape index (κ2) is 8.21. The topological polar surface area (TPSA) is 141 Å². The van der Waals surface area contributed by atoms with Crippen molar-refractivity contribution in [1.82, 2.24) is 4.98 Å². The number of hydrogen-bond donors (Lipinski definition) is 2. The summed E-state index contributed by atoms with van der Waals surface area (Å²) >= 11 is 0. The molecule has 3 rings (SSSR count). The number of H-pyrrole nitrogens is 1. The lowest BCUT2D eigenvalue weighted by molar-refractivity contribution is -0.384. The molecule has 0 saturated heterocycles. The first kappa shape index (κ1) is 19.5. The molecular formula is C19H15N3O7. The van der Waals surface area contributed by atoms with Crippen LogP contribution in [0.1, 0.15) is 10.4 Å². The van der Waals surface area contributed by atoms with Crippen molar-refractivity contribution in [3.05, 3.63) is 74.6 Å². The number of aromatic amines is 1. The molecule has 0 aliphatic carbocycles. The van der Waals surface area contributed by atoms with E-state index in [0.29, 0.717) is 10.9 Å². The molecule has 0 radical (unpaired) electrons. The van der Waals surface area contributed by atoms with Gasteiger partial charge in [-0.2, -0.15) is 0 Å². The number of aromatic nitrogens is 1. The molecule has 2 N–H and O–H groups in total. The first-order chi connectivity index (χ1) is 13.9. The number of fused-ring (bicyclic) bond motifs is 1. The maximum absolute atomic E-state index is 12.3. The summed E-state index contributed by atoms with van der Waals surface area (Å²) in [6, 6.07) is 11.6. The summed E-state index contributed by atoms with van der Waals surface area (Å²) in [5.74, 6) is -1.39. The number of pyridine rings is 1. The van der Waals surface area contributed by atoms with Crippen LogP contribution in [0, 0.1) is 10.1 Å². The van der Waals surface area contributed by atoms with E-state index in [9.17, 15) is 24.5 Å². The molecule has 10 heteroatoms. The van der Waals surface area contributed by atoms with Crippen molar-refractivity contribution < 1.29 is 24.0 Å². The molecule has 0 atom stereocenters. The maximum Gasteiger partial charge on any atom is 0.339 e. The van der Waals surface area contributed by atoms with Crippen molar-refractivity contribution in [1.29, 1.82) is 0 Å². The SMILES string of the molecule is COc1ccc(NC(=O)COC(=O)c2cc(=O)[nH]c3ccccc23)c([N+](=O)[O-])c1. The number of hydrogen-bond acceptors (Lipinski definition) is 7. The third-order valence-corrected chi connectivity index (χ3v) is 3.98. The average molecular weight is 397 g/mol. The number of nitro groups is 1. The van der Waals surface area contributed by atoms with Gasteiger partial charge in [-0.3, -0.25) is 19.7 Å². The highest BCUT2D eigenvalue weighted by atomic mass is 16.6. The first-order valence-corrected chi connectivity index (χ1v) is 8.30. The first-order valence-electron chi connectivity index (χ1n) is 8.30. The van der Waals surface area contributed by atoms with E-state index >= 15 is 0 Å². The van der Waals surface area contributed by atoms with Crippen LogP contribution in [0.4, 0.5) is 11.4 Å². The second-order valence-corrected chi connectivity index (χ2v) is 5.86. The second-order valence-electron chi connectivity index (χ2n) is 5.86. The smallest absolute Gasteiger partial charge is 0.339 e. The molecule has 0 bridgehead atoms. The molecule has 0 fully saturated rings. The highest BCUT2D eigenvalue weighted by molar-refractivity contribution is 6.04. The number of carbonyl (C=O) groups excluding carboxylic acids is 2. The number of benzene rings is 2. The summed E-state index contributed by atoms with van der Waals surface area (Å²) in [5.41, 5.74) is -0.477. The van der Waals surface area contributed by atoms with Crippen LogP contribution in [-0.2, 0) is 9.53 Å². The van der Waals surface area contributed by atoms with Gasteiger partial charge in [-0.15, -0.1) is 0 Å². The fraction of sp³-hybridized carbons (Fsp3) is 0.105. The number of nitrogens with one attached hydrogen (secondary N) is 2. The van der Waals surface area contributed by atoms with Crippen molar-refractivity contribution in [2.75, 3.05) is 19.0 Å². The molecular weight excluding hydrogens is 382 g/mol. The Morgan fingerprint density at radius 1 is 1.17 bits per heavy atom. The Kier molecular flexibility index (Phi) is 5.54. The van der Waals surface area contributed by atoms with Crippen molar-refractivity contribution >= 4 is 34.2 Å². The third-order valence-electron chi connectivity index (χ3n) is 3.98. The number of methoxy groups -OCH3 is 1. The lowest BCUT2D eigenvalue weighted by Gasteiger charge is -2.09. The summed E-state index contributed by atoms with van der Waals surface area (Å²) in [7, 11) is 1.36. The van der Waals surface area contributed by atoms with Gasteiger partial charge in [-0.1, -0.05) is 18.2 Å². The number of nitrogens with zero attached hydrogens (tertiary/aromatic N) is 1. The van der Waals surface area contributed by atoms with Gasteiger partial charge in [0.05, 0.1) is 23.7 Å². The zero-order chi connectivity index (χ0) is 21.0. The zero-order valence-corrected chi connectivity index (χ0v) is 15.1. The van der Waals surface area contributed by atoms with Gasteiger partial charge in [0.15, 0.2) is 6.61 Å². The minimum Gasteiger partial charge on any atom is -0.496 e. The lowest BCUT2D eigenvalue weighted by Crippen LogP contribution is -2.22. The maximum atomic E-state index is 12.3. The molecule has 1 aromatic heterocycles. The molecule has 0 saturated carbocycles. The number of ether oxygens (including phenoxy) is 2. The fourth-order valence-corrected chi connectivity index (χ4v) is 2.66. The molecule has 0 aliphatic heterocycles. The number of amides is 1. The summed E-state index contributed by atoms with van der Waals surface area (Å²) in [5, 5.41) is 13.9. The minimum atomic E-state index is -0.869. The van der Waals surface area contributed by atoms with Crippen LogP contribution < -0.4 is 15.6 Å². The third kappa shape index (κ3) is 4.38. The number of para-hydroxylation sites is 1. The van der Waals surface area contributed by atoms with Crippen LogP contribution in [0.15, 0.2) is 53.3 Å². The van der Waals surface area contributed by atoms with Crippen LogP contribution in [0.3, 0.4) is 0 Å². The molecule has 29 heavy (non-hydrogen) atoms. The molecule has 0 aliphatic rings.